The Labute approximate surface area is 392 Å². The van der Waals surface area contributed by atoms with Gasteiger partial charge in [-0.3, -0.25) is 4.79 Å². The van der Waals surface area contributed by atoms with Gasteiger partial charge in [-0.15, -0.1) is 0 Å². The van der Waals surface area contributed by atoms with Crippen LogP contribution in [0.1, 0.15) is 135 Å². The van der Waals surface area contributed by atoms with Crippen LogP contribution >= 0.6 is 0 Å². The fraction of sp³-hybridized carbons (Fsp3) is 0.490. The molecule has 16 nitrogen and oxygen atoms in total. The number of esters is 3. The Morgan fingerprint density at radius 3 is 1.73 bits per heavy atom. The largest absolute Gasteiger partial charge is 0.506 e. The molecular weight excluding hydrogens is 867 g/mol. The van der Waals surface area contributed by atoms with Crippen LogP contribution in [-0.2, 0) is 38.0 Å². The van der Waals surface area contributed by atoms with Crippen LogP contribution in [0.15, 0.2) is 103 Å². The molecule has 0 radical (unpaired) electrons. The molecule has 1 aliphatic heterocycles. The number of unbranched alkanes of at least 4 members (excludes halogenated alkanes) is 10. The lowest BCUT2D eigenvalue weighted by Crippen LogP contribution is -2.68. The summed E-state index contributed by atoms with van der Waals surface area (Å²) in [5.41, 5.74) is 0.338. The van der Waals surface area contributed by atoms with Crippen LogP contribution in [0.5, 0.6) is 0 Å². The molecule has 0 spiro atoms. The monoisotopic (exact) mass is 931 g/mol. The highest BCUT2D eigenvalue weighted by molar-refractivity contribution is 5.91. The number of rotatable bonds is 28. The number of hydrogen-bond donors (Lipinski definition) is 3. The van der Waals surface area contributed by atoms with E-state index in [-0.39, 0.29) is 29.0 Å². The molecule has 0 bridgehead atoms. The summed E-state index contributed by atoms with van der Waals surface area (Å²) in [6, 6.07) is 22.6. The minimum atomic E-state index is -2.25. The number of carbonyl (C=O) groups is 6. The summed E-state index contributed by atoms with van der Waals surface area (Å²) in [6.07, 6.45) is 3.06. The molecule has 0 saturated carbocycles. The van der Waals surface area contributed by atoms with Crippen LogP contribution in [0.3, 0.4) is 0 Å². The summed E-state index contributed by atoms with van der Waals surface area (Å²) in [5.74, 6) is -5.25. The fourth-order valence-corrected chi connectivity index (χ4v) is 7.54. The third-order valence-electron chi connectivity index (χ3n) is 11.1. The van der Waals surface area contributed by atoms with Crippen molar-refractivity contribution in [2.24, 2.45) is 0 Å². The van der Waals surface area contributed by atoms with E-state index in [1.807, 2.05) is 6.08 Å². The van der Waals surface area contributed by atoms with Crippen LogP contribution in [-0.4, -0.2) is 102 Å². The van der Waals surface area contributed by atoms with Gasteiger partial charge in [0.2, 0.25) is 11.7 Å². The second-order valence-corrected chi connectivity index (χ2v) is 16.4. The van der Waals surface area contributed by atoms with Crippen molar-refractivity contribution in [3.63, 3.8) is 0 Å². The molecule has 3 aromatic rings. The van der Waals surface area contributed by atoms with Crippen molar-refractivity contribution >= 4 is 36.1 Å². The number of carboxylic acid groups (broad SMARTS) is 2. The summed E-state index contributed by atoms with van der Waals surface area (Å²) >= 11 is 0. The lowest BCUT2D eigenvalue weighted by Gasteiger charge is -2.49. The Kier molecular flexibility index (Phi) is 22.9. The van der Waals surface area contributed by atoms with Gasteiger partial charge in [-0.25, -0.2) is 24.0 Å². The van der Waals surface area contributed by atoms with E-state index in [1.54, 1.807) is 72.8 Å². The summed E-state index contributed by atoms with van der Waals surface area (Å²) in [7, 11) is 0. The summed E-state index contributed by atoms with van der Waals surface area (Å²) in [4.78, 5) is 79.2. The first kappa shape index (κ1) is 53.4. The predicted molar refractivity (Wildman–Crippen MR) is 245 cm³/mol. The van der Waals surface area contributed by atoms with E-state index in [4.69, 9.17) is 33.2 Å². The van der Waals surface area contributed by atoms with Crippen molar-refractivity contribution in [2.45, 2.75) is 147 Å². The van der Waals surface area contributed by atoms with Gasteiger partial charge in [0.1, 0.15) is 18.8 Å². The van der Waals surface area contributed by atoms with Gasteiger partial charge in [0.15, 0.2) is 18.3 Å². The zero-order valence-electron chi connectivity index (χ0n) is 38.6. The summed E-state index contributed by atoms with van der Waals surface area (Å²) < 4.78 is 41.1. The fourth-order valence-electron chi connectivity index (χ4n) is 7.54. The van der Waals surface area contributed by atoms with E-state index >= 15 is 0 Å². The molecule has 4 rings (SSSR count). The van der Waals surface area contributed by atoms with Gasteiger partial charge in [0.05, 0.1) is 29.3 Å². The number of benzene rings is 3. The first-order valence-corrected chi connectivity index (χ1v) is 23.2. The molecule has 0 unspecified atom stereocenters. The van der Waals surface area contributed by atoms with Crippen LogP contribution in [0.25, 0.3) is 0 Å². The lowest BCUT2D eigenvalue weighted by molar-refractivity contribution is -0.355. The number of nitrogens with one attached hydrogen (secondary N) is 1. The number of amides is 1. The number of ether oxygens (including phenoxy) is 7. The van der Waals surface area contributed by atoms with Gasteiger partial charge in [-0.05, 0) is 68.7 Å². The highest BCUT2D eigenvalue weighted by Gasteiger charge is 2.60. The molecule has 7 atom stereocenters. The first-order chi connectivity index (χ1) is 32.3. The number of hydrogen-bond acceptors (Lipinski definition) is 13. The van der Waals surface area contributed by atoms with E-state index in [0.29, 0.717) is 12.8 Å². The van der Waals surface area contributed by atoms with Gasteiger partial charge in [-0.2, -0.15) is 0 Å². The quantitative estimate of drug-likeness (QED) is 0.0267. The molecule has 3 N–H and O–H groups in total. The third kappa shape index (κ3) is 18.2. The molecule has 1 saturated heterocycles. The van der Waals surface area contributed by atoms with Crippen LogP contribution in [0, 0.1) is 0 Å². The second-order valence-electron chi connectivity index (χ2n) is 16.4. The Hall–Kier alpha value is -6.26. The van der Waals surface area contributed by atoms with E-state index < -0.39 is 85.8 Å². The molecule has 364 valence electrons. The Bertz CT molecular complexity index is 2010. The minimum Gasteiger partial charge on any atom is -0.452 e. The van der Waals surface area contributed by atoms with Crippen molar-refractivity contribution in [3.8, 4) is 0 Å². The van der Waals surface area contributed by atoms with Crippen LogP contribution in [0.4, 0.5) is 9.59 Å². The average Bonchev–Trinajstić information content (AvgIpc) is 3.32. The smallest absolute Gasteiger partial charge is 0.452 e. The maximum absolute atomic E-state index is 13.9. The number of allylic oxidation sites excluding steroid dienone is 1. The maximum atomic E-state index is 13.9. The average molecular weight is 932 g/mol. The van der Waals surface area contributed by atoms with Gasteiger partial charge in [0, 0.05) is 6.42 Å². The zero-order valence-corrected chi connectivity index (χ0v) is 38.6. The van der Waals surface area contributed by atoms with E-state index in [1.165, 1.54) is 31.2 Å². The second kappa shape index (κ2) is 28.7. The van der Waals surface area contributed by atoms with Gasteiger partial charge >= 0.3 is 30.2 Å². The molecule has 3 aromatic carbocycles. The third-order valence-corrected chi connectivity index (χ3v) is 11.1. The molecule has 1 heterocycles. The first-order valence-electron chi connectivity index (χ1n) is 23.2. The number of carbonyl (C=O) groups excluding carboxylic acids is 4. The van der Waals surface area contributed by atoms with Crippen molar-refractivity contribution in [2.75, 3.05) is 13.2 Å². The highest BCUT2D eigenvalue weighted by atomic mass is 16.8. The SMILES string of the molecule is CCCCCCC=C[C@@H](OC(=O)c1ccccc1)[C@H](CO[C@]1(C)O[C@H](COC(=O)O)[C@H](OC(=O)O)[C@H](OC(=O)c2ccccc2)[C@H]1OC(=O)c1ccccc1)NC(=O)CCCCCCCCC. The van der Waals surface area contributed by atoms with Crippen molar-refractivity contribution < 1.29 is 72.1 Å². The Morgan fingerprint density at radius 1 is 0.657 bits per heavy atom. The highest BCUT2D eigenvalue weighted by Crippen LogP contribution is 2.38. The predicted octanol–water partition coefficient (Wildman–Crippen LogP) is 9.70. The standard InChI is InChI=1S/C51H65NO15/c1-4-6-8-10-12-14-25-33-42(53)52-39(40(32-24-13-11-9-7-5-2)63-46(54)36-26-18-15-19-27-36)34-62-51(3)45(66-48(56)38-30-22-17-23-31-38)44(64-47(55)37-28-20-16-21-29-37)43(65-50(59)60)41(67-51)35-61-49(57)58/h15-24,26-32,39-41,43-45H,4-14,25,33-35H2,1-3H3,(H,52,53)(H,57,58)(H,59,60)/t39-,40+,41+,43-,44-,45+,51+/m0/s1. The van der Waals surface area contributed by atoms with Crippen molar-refractivity contribution in [3.05, 3.63) is 120 Å². The maximum Gasteiger partial charge on any atom is 0.506 e. The zero-order chi connectivity index (χ0) is 48.4. The summed E-state index contributed by atoms with van der Waals surface area (Å²) in [6.45, 7) is 4.19. The molecule has 16 heteroatoms. The van der Waals surface area contributed by atoms with E-state index in [2.05, 4.69) is 19.2 Å². The molecule has 1 fully saturated rings. The van der Waals surface area contributed by atoms with E-state index in [0.717, 1.165) is 64.2 Å². The van der Waals surface area contributed by atoms with Crippen LogP contribution < -0.4 is 5.32 Å². The molecular formula is C51H65NO15. The van der Waals surface area contributed by atoms with Gasteiger partial charge < -0.3 is 48.7 Å². The Balaban J connectivity index is 1.79. The molecule has 0 aromatic heterocycles. The van der Waals surface area contributed by atoms with Crippen molar-refractivity contribution in [1.29, 1.82) is 0 Å². The normalized spacial score (nSPS) is 19.9. The van der Waals surface area contributed by atoms with E-state index in [9.17, 15) is 39.0 Å². The topological polar surface area (TPSA) is 220 Å². The Morgan fingerprint density at radius 2 is 1.18 bits per heavy atom. The molecule has 1 amide bonds. The molecule has 1 aliphatic rings. The lowest BCUT2D eigenvalue weighted by atomic mass is 9.92. The molecule has 0 aliphatic carbocycles. The van der Waals surface area contributed by atoms with Crippen molar-refractivity contribution in [1.82, 2.24) is 5.32 Å². The van der Waals surface area contributed by atoms with Gasteiger partial charge in [-0.1, -0.05) is 132 Å². The molecule has 67 heavy (non-hydrogen) atoms. The van der Waals surface area contributed by atoms with Gasteiger partial charge in [0.25, 0.3) is 0 Å². The minimum absolute atomic E-state index is 0.0328. The summed E-state index contributed by atoms with van der Waals surface area (Å²) in [5, 5.41) is 22.4. The van der Waals surface area contributed by atoms with Crippen LogP contribution in [0.2, 0.25) is 0 Å².